The number of nitrogens with zero attached hydrogens (tertiary/aromatic N) is 6. The number of aryl methyl sites for hydroxylation is 2. The number of aromatic nitrogens is 4. The number of hydrogen-bond acceptors (Lipinski definition) is 7. The van der Waals surface area contributed by atoms with Gasteiger partial charge < -0.3 is 4.90 Å². The predicted molar refractivity (Wildman–Crippen MR) is 104 cm³/mol. The summed E-state index contributed by atoms with van der Waals surface area (Å²) in [6, 6.07) is 9.86. The predicted octanol–water partition coefficient (Wildman–Crippen LogP) is 2.93. The van der Waals surface area contributed by atoms with E-state index < -0.39 is 0 Å². The molecule has 4 rings (SSSR count). The van der Waals surface area contributed by atoms with E-state index >= 15 is 0 Å². The van der Waals surface area contributed by atoms with E-state index in [2.05, 4.69) is 43.8 Å². The molecule has 1 aliphatic rings. The summed E-state index contributed by atoms with van der Waals surface area (Å²) in [6.07, 6.45) is 1.77. The first-order valence-corrected chi connectivity index (χ1v) is 9.66. The molecule has 0 radical (unpaired) electrons. The summed E-state index contributed by atoms with van der Waals surface area (Å²) in [5.74, 6) is 0.939. The minimum Gasteiger partial charge on any atom is -0.353 e. The molecule has 6 nitrogen and oxygen atoms in total. The maximum absolute atomic E-state index is 4.53. The molecule has 1 aliphatic heterocycles. The van der Waals surface area contributed by atoms with Crippen molar-refractivity contribution in [1.29, 1.82) is 0 Å². The Morgan fingerprint density at radius 1 is 0.962 bits per heavy atom. The van der Waals surface area contributed by atoms with Crippen LogP contribution in [-0.4, -0.2) is 51.2 Å². The smallest absolute Gasteiger partial charge is 0.151 e. The molecule has 134 valence electrons. The molecular weight excluding hydrogens is 344 g/mol. The third kappa shape index (κ3) is 3.73. The Kier molecular flexibility index (Phi) is 4.90. The van der Waals surface area contributed by atoms with Crippen LogP contribution in [0.25, 0.3) is 11.4 Å². The fourth-order valence-corrected chi connectivity index (χ4v) is 4.18. The number of pyridine rings is 1. The van der Waals surface area contributed by atoms with Crippen LogP contribution >= 0.6 is 11.3 Å². The van der Waals surface area contributed by atoms with Crippen LogP contribution in [0, 0.1) is 13.8 Å². The van der Waals surface area contributed by atoms with Crippen molar-refractivity contribution in [3.8, 4) is 11.4 Å². The van der Waals surface area contributed by atoms with Crippen molar-refractivity contribution in [1.82, 2.24) is 25.1 Å². The minimum absolute atomic E-state index is 0.809. The second-order valence-corrected chi connectivity index (χ2v) is 7.78. The van der Waals surface area contributed by atoms with Crippen LogP contribution in [0.1, 0.15) is 15.6 Å². The van der Waals surface area contributed by atoms with Crippen LogP contribution in [0.4, 0.5) is 5.82 Å². The quantitative estimate of drug-likeness (QED) is 0.708. The third-order valence-corrected chi connectivity index (χ3v) is 5.70. The van der Waals surface area contributed by atoms with E-state index in [1.807, 2.05) is 41.7 Å². The fraction of sp³-hybridized carbons (Fsp3) is 0.368. The lowest BCUT2D eigenvalue weighted by atomic mass is 10.2. The van der Waals surface area contributed by atoms with Crippen LogP contribution < -0.4 is 4.90 Å². The lowest BCUT2D eigenvalue weighted by Crippen LogP contribution is -2.46. The van der Waals surface area contributed by atoms with Gasteiger partial charge in [0.05, 0.1) is 16.4 Å². The number of piperazine rings is 1. The summed E-state index contributed by atoms with van der Waals surface area (Å²) in [5.41, 5.74) is 2.83. The van der Waals surface area contributed by atoms with Crippen LogP contribution in [-0.2, 0) is 6.54 Å². The van der Waals surface area contributed by atoms with Crippen LogP contribution in [0.15, 0.2) is 36.5 Å². The molecule has 7 heteroatoms. The van der Waals surface area contributed by atoms with E-state index in [1.54, 1.807) is 6.20 Å². The van der Waals surface area contributed by atoms with Gasteiger partial charge in [-0.2, -0.15) is 0 Å². The Bertz CT molecular complexity index is 853. The molecule has 3 aromatic rings. The average Bonchev–Trinajstić information content (AvgIpc) is 3.00. The van der Waals surface area contributed by atoms with E-state index in [0.29, 0.717) is 0 Å². The van der Waals surface area contributed by atoms with Gasteiger partial charge in [0, 0.05) is 43.8 Å². The van der Waals surface area contributed by atoms with Crippen LogP contribution in [0.3, 0.4) is 0 Å². The highest BCUT2D eigenvalue weighted by atomic mass is 32.1. The van der Waals surface area contributed by atoms with Gasteiger partial charge in [0.25, 0.3) is 0 Å². The first-order chi connectivity index (χ1) is 12.7. The summed E-state index contributed by atoms with van der Waals surface area (Å²) in [5, 5.41) is 9.92. The number of rotatable bonds is 4. The molecule has 0 aromatic carbocycles. The molecule has 3 aromatic heterocycles. The summed E-state index contributed by atoms with van der Waals surface area (Å²) in [6.45, 7) is 9.17. The second-order valence-electron chi connectivity index (χ2n) is 6.50. The molecule has 0 spiro atoms. The summed E-state index contributed by atoms with van der Waals surface area (Å²) in [7, 11) is 0. The van der Waals surface area contributed by atoms with E-state index in [9.17, 15) is 0 Å². The Hall–Kier alpha value is -2.38. The molecule has 0 N–H and O–H groups in total. The lowest BCUT2D eigenvalue weighted by molar-refractivity contribution is 0.250. The van der Waals surface area contributed by atoms with E-state index in [1.165, 1.54) is 10.6 Å². The van der Waals surface area contributed by atoms with Gasteiger partial charge in [0.2, 0.25) is 0 Å². The zero-order valence-electron chi connectivity index (χ0n) is 15.1. The summed E-state index contributed by atoms with van der Waals surface area (Å²) in [4.78, 5) is 15.0. The zero-order chi connectivity index (χ0) is 17.9. The fourth-order valence-electron chi connectivity index (χ4n) is 3.20. The Morgan fingerprint density at radius 3 is 2.42 bits per heavy atom. The van der Waals surface area contributed by atoms with Gasteiger partial charge in [0.15, 0.2) is 5.82 Å². The van der Waals surface area contributed by atoms with Gasteiger partial charge in [-0.3, -0.25) is 9.88 Å². The van der Waals surface area contributed by atoms with Gasteiger partial charge >= 0.3 is 0 Å². The molecular formula is C19H22N6S. The molecule has 26 heavy (non-hydrogen) atoms. The Morgan fingerprint density at radius 2 is 1.81 bits per heavy atom. The highest BCUT2D eigenvalue weighted by Gasteiger charge is 2.20. The number of thiazole rings is 1. The van der Waals surface area contributed by atoms with E-state index in [4.69, 9.17) is 0 Å². The topological polar surface area (TPSA) is 58.0 Å². The molecule has 0 atom stereocenters. The average molecular weight is 366 g/mol. The van der Waals surface area contributed by atoms with Gasteiger partial charge in [-0.15, -0.1) is 21.5 Å². The van der Waals surface area contributed by atoms with Gasteiger partial charge in [-0.05, 0) is 38.1 Å². The van der Waals surface area contributed by atoms with Crippen molar-refractivity contribution in [2.75, 3.05) is 31.1 Å². The SMILES string of the molecule is Cc1nc(C)c(CN2CCN(c3ccc(-c4ccccn4)nn3)CC2)s1. The molecule has 1 saturated heterocycles. The highest BCUT2D eigenvalue weighted by molar-refractivity contribution is 7.11. The number of anilines is 1. The first kappa shape index (κ1) is 17.1. The maximum Gasteiger partial charge on any atom is 0.151 e. The normalized spacial score (nSPS) is 15.4. The molecule has 4 heterocycles. The van der Waals surface area contributed by atoms with Gasteiger partial charge in [0.1, 0.15) is 5.69 Å². The number of hydrogen-bond donors (Lipinski definition) is 0. The highest BCUT2D eigenvalue weighted by Crippen LogP contribution is 2.21. The second kappa shape index (κ2) is 7.47. The molecule has 0 amide bonds. The molecule has 0 aliphatic carbocycles. The monoisotopic (exact) mass is 366 g/mol. The summed E-state index contributed by atoms with van der Waals surface area (Å²) >= 11 is 1.81. The van der Waals surface area contributed by atoms with Crippen molar-refractivity contribution in [2.45, 2.75) is 20.4 Å². The largest absolute Gasteiger partial charge is 0.353 e. The summed E-state index contributed by atoms with van der Waals surface area (Å²) < 4.78 is 0. The van der Waals surface area contributed by atoms with Crippen LogP contribution in [0.2, 0.25) is 0 Å². The van der Waals surface area contributed by atoms with Crippen molar-refractivity contribution in [2.24, 2.45) is 0 Å². The van der Waals surface area contributed by atoms with Crippen molar-refractivity contribution in [3.05, 3.63) is 52.1 Å². The third-order valence-electron chi connectivity index (χ3n) is 4.64. The van der Waals surface area contributed by atoms with Crippen LogP contribution in [0.5, 0.6) is 0 Å². The van der Waals surface area contributed by atoms with E-state index in [0.717, 1.165) is 54.9 Å². The lowest BCUT2D eigenvalue weighted by Gasteiger charge is -2.35. The molecule has 0 saturated carbocycles. The minimum atomic E-state index is 0.809. The maximum atomic E-state index is 4.53. The van der Waals surface area contributed by atoms with Crippen molar-refractivity contribution >= 4 is 17.2 Å². The Balaban J connectivity index is 1.36. The van der Waals surface area contributed by atoms with Crippen molar-refractivity contribution in [3.63, 3.8) is 0 Å². The zero-order valence-corrected chi connectivity index (χ0v) is 15.9. The first-order valence-electron chi connectivity index (χ1n) is 8.84. The van der Waals surface area contributed by atoms with Crippen molar-refractivity contribution < 1.29 is 0 Å². The standard InChI is InChI=1S/C19H22N6S/c1-14-18(26-15(2)21-14)13-24-9-11-25(12-10-24)19-7-6-17(22-23-19)16-5-3-4-8-20-16/h3-8H,9-13H2,1-2H3. The molecule has 0 bridgehead atoms. The van der Waals surface area contributed by atoms with Gasteiger partial charge in [-0.1, -0.05) is 6.07 Å². The van der Waals surface area contributed by atoms with Gasteiger partial charge in [-0.25, -0.2) is 4.98 Å². The van der Waals surface area contributed by atoms with E-state index in [-0.39, 0.29) is 0 Å². The molecule has 1 fully saturated rings. The Labute approximate surface area is 157 Å². The molecule has 0 unspecified atom stereocenters.